The number of hydrogen-bond donors (Lipinski definition) is 0. The van der Waals surface area contributed by atoms with Crippen molar-refractivity contribution in [3.8, 4) is 28.1 Å². The van der Waals surface area contributed by atoms with Crippen LogP contribution in [0.4, 0.5) is 5.69 Å². The number of hydrogen-bond acceptors (Lipinski definition) is 6. The smallest absolute Gasteiger partial charge is 0.258 e. The zero-order valence-electron chi connectivity index (χ0n) is 16.0. The van der Waals surface area contributed by atoms with Gasteiger partial charge in [-0.25, -0.2) is 9.67 Å². The molecule has 0 spiro atoms. The van der Waals surface area contributed by atoms with Crippen LogP contribution >= 0.6 is 12.4 Å². The molecule has 0 aliphatic carbocycles. The third-order valence-corrected chi connectivity index (χ3v) is 4.84. The molecule has 8 nitrogen and oxygen atoms in total. The first-order valence-corrected chi connectivity index (χ1v) is 9.17. The predicted octanol–water partition coefficient (Wildman–Crippen LogP) is 4.87. The summed E-state index contributed by atoms with van der Waals surface area (Å²) in [5.41, 5.74) is 5.02. The number of nitrogens with zero attached hydrogens (tertiary/aromatic N) is 6. The van der Waals surface area contributed by atoms with E-state index < -0.39 is 4.92 Å². The van der Waals surface area contributed by atoms with Crippen LogP contribution in [-0.4, -0.2) is 30.1 Å². The lowest BCUT2D eigenvalue weighted by Gasteiger charge is -2.11. The van der Waals surface area contributed by atoms with Gasteiger partial charge in [0, 0.05) is 23.1 Å². The number of tetrazole rings is 1. The van der Waals surface area contributed by atoms with Crippen molar-refractivity contribution in [2.45, 2.75) is 0 Å². The van der Waals surface area contributed by atoms with Gasteiger partial charge in [0.25, 0.3) is 5.69 Å². The van der Waals surface area contributed by atoms with E-state index >= 15 is 0 Å². The maximum atomic E-state index is 11.3. The Bertz CT molecular complexity index is 1370. The van der Waals surface area contributed by atoms with E-state index in [9.17, 15) is 10.1 Å². The van der Waals surface area contributed by atoms with Crippen molar-refractivity contribution in [2.75, 3.05) is 0 Å². The number of aromatic nitrogens is 5. The Hall–Kier alpha value is -4.17. The van der Waals surface area contributed by atoms with Crippen LogP contribution in [-0.2, 0) is 0 Å². The number of nitro groups is 1. The maximum Gasteiger partial charge on any atom is 0.270 e. The molecule has 0 bridgehead atoms. The summed E-state index contributed by atoms with van der Waals surface area (Å²) in [6.45, 7) is 0. The lowest BCUT2D eigenvalue weighted by atomic mass is 9.98. The lowest BCUT2D eigenvalue weighted by molar-refractivity contribution is -0.384. The van der Waals surface area contributed by atoms with Gasteiger partial charge in [0.2, 0.25) is 0 Å². The van der Waals surface area contributed by atoms with Crippen molar-refractivity contribution in [2.24, 2.45) is 0 Å². The fourth-order valence-corrected chi connectivity index (χ4v) is 3.42. The Morgan fingerprint density at radius 2 is 1.68 bits per heavy atom. The molecule has 31 heavy (non-hydrogen) atoms. The molecule has 5 rings (SSSR count). The second-order valence-corrected chi connectivity index (χ2v) is 6.68. The second kappa shape index (κ2) is 8.29. The van der Waals surface area contributed by atoms with Gasteiger partial charge < -0.3 is 0 Å². The summed E-state index contributed by atoms with van der Waals surface area (Å²) in [4.78, 5) is 15.7. The molecule has 3 aromatic carbocycles. The Labute approximate surface area is 182 Å². The highest BCUT2D eigenvalue weighted by Gasteiger charge is 2.14. The van der Waals surface area contributed by atoms with Crippen molar-refractivity contribution in [1.29, 1.82) is 0 Å². The van der Waals surface area contributed by atoms with Gasteiger partial charge in [-0.1, -0.05) is 42.5 Å². The molecular weight excluding hydrogens is 416 g/mol. The SMILES string of the molecule is Cl.O=[N+]([O-])c1ccc2nc(-c3cccc(-n4cnnn4)c3)cc(-c3ccccc3)c2c1. The van der Waals surface area contributed by atoms with Crippen LogP contribution in [0.2, 0.25) is 0 Å². The summed E-state index contributed by atoms with van der Waals surface area (Å²) in [5, 5.41) is 23.3. The van der Waals surface area contributed by atoms with Gasteiger partial charge >= 0.3 is 0 Å². The van der Waals surface area contributed by atoms with Crippen LogP contribution in [0, 0.1) is 10.1 Å². The minimum absolute atomic E-state index is 0. The quantitative estimate of drug-likeness (QED) is 0.298. The molecule has 0 aliphatic rings. The van der Waals surface area contributed by atoms with Crippen LogP contribution in [0.3, 0.4) is 0 Å². The van der Waals surface area contributed by atoms with Gasteiger partial charge in [-0.15, -0.1) is 17.5 Å². The first kappa shape index (κ1) is 20.1. The van der Waals surface area contributed by atoms with E-state index in [0.29, 0.717) is 5.52 Å². The number of rotatable bonds is 4. The van der Waals surface area contributed by atoms with E-state index in [4.69, 9.17) is 4.98 Å². The Kier molecular flexibility index (Phi) is 5.38. The van der Waals surface area contributed by atoms with E-state index in [2.05, 4.69) is 15.5 Å². The second-order valence-electron chi connectivity index (χ2n) is 6.68. The highest BCUT2D eigenvalue weighted by atomic mass is 35.5. The summed E-state index contributed by atoms with van der Waals surface area (Å²) in [7, 11) is 0. The van der Waals surface area contributed by atoms with Gasteiger partial charge in [0.05, 0.1) is 21.8 Å². The Balaban J connectivity index is 0.00000231. The van der Waals surface area contributed by atoms with E-state index in [1.54, 1.807) is 16.8 Å². The number of fused-ring (bicyclic) bond motifs is 1. The first-order valence-electron chi connectivity index (χ1n) is 9.17. The first-order chi connectivity index (χ1) is 14.7. The summed E-state index contributed by atoms with van der Waals surface area (Å²) >= 11 is 0. The van der Waals surface area contributed by atoms with Gasteiger partial charge in [0.15, 0.2) is 0 Å². The minimum Gasteiger partial charge on any atom is -0.258 e. The molecule has 0 fully saturated rings. The molecule has 0 saturated heterocycles. The largest absolute Gasteiger partial charge is 0.270 e. The summed E-state index contributed by atoms with van der Waals surface area (Å²) < 4.78 is 1.58. The third-order valence-electron chi connectivity index (χ3n) is 4.84. The van der Waals surface area contributed by atoms with E-state index in [1.807, 2.05) is 60.7 Å². The van der Waals surface area contributed by atoms with Crippen molar-refractivity contribution in [3.05, 3.63) is 95.3 Å². The number of halogens is 1. The number of pyridine rings is 1. The van der Waals surface area contributed by atoms with Crippen LogP contribution in [0.15, 0.2) is 85.2 Å². The standard InChI is InChI=1S/C22H14N6O2.ClH/c29-28(30)18-9-10-21-20(12-18)19(15-5-2-1-3-6-15)13-22(24-21)16-7-4-8-17(11-16)27-14-23-25-26-27;/h1-14H;1H. The molecule has 0 saturated carbocycles. The predicted molar refractivity (Wildman–Crippen MR) is 119 cm³/mol. The fourth-order valence-electron chi connectivity index (χ4n) is 3.42. The van der Waals surface area contributed by atoms with E-state index in [-0.39, 0.29) is 18.1 Å². The zero-order chi connectivity index (χ0) is 20.5. The molecule has 0 aliphatic heterocycles. The summed E-state index contributed by atoms with van der Waals surface area (Å²) in [5.74, 6) is 0. The highest BCUT2D eigenvalue weighted by molar-refractivity contribution is 5.97. The molecule has 0 unspecified atom stereocenters. The molecule has 2 heterocycles. The van der Waals surface area contributed by atoms with Gasteiger partial charge in [-0.2, -0.15) is 0 Å². The molecule has 0 N–H and O–H groups in total. The fraction of sp³-hybridized carbons (Fsp3) is 0. The van der Waals surface area contributed by atoms with Crippen molar-refractivity contribution >= 4 is 29.0 Å². The van der Waals surface area contributed by atoms with Crippen LogP contribution < -0.4 is 0 Å². The van der Waals surface area contributed by atoms with E-state index in [0.717, 1.165) is 33.5 Å². The van der Waals surface area contributed by atoms with Gasteiger partial charge in [-0.05, 0) is 45.8 Å². The molecule has 2 aromatic heterocycles. The molecule has 0 atom stereocenters. The zero-order valence-corrected chi connectivity index (χ0v) is 16.8. The molecule has 152 valence electrons. The van der Waals surface area contributed by atoms with Crippen LogP contribution in [0.25, 0.3) is 39.0 Å². The third kappa shape index (κ3) is 3.84. The average Bonchev–Trinajstić information content (AvgIpc) is 3.34. The Morgan fingerprint density at radius 1 is 0.871 bits per heavy atom. The maximum absolute atomic E-state index is 11.3. The molecule has 5 aromatic rings. The average molecular weight is 431 g/mol. The van der Waals surface area contributed by atoms with Crippen molar-refractivity contribution in [3.63, 3.8) is 0 Å². The molecular formula is C22H15ClN6O2. The van der Waals surface area contributed by atoms with Crippen molar-refractivity contribution in [1.82, 2.24) is 25.2 Å². The number of benzene rings is 3. The minimum atomic E-state index is -0.391. The van der Waals surface area contributed by atoms with Gasteiger partial charge in [-0.3, -0.25) is 10.1 Å². The Morgan fingerprint density at radius 3 is 2.42 bits per heavy atom. The highest BCUT2D eigenvalue weighted by Crippen LogP contribution is 2.34. The van der Waals surface area contributed by atoms with Crippen LogP contribution in [0.5, 0.6) is 0 Å². The molecule has 9 heteroatoms. The monoisotopic (exact) mass is 430 g/mol. The number of non-ortho nitro benzene ring substituents is 1. The van der Waals surface area contributed by atoms with Gasteiger partial charge in [0.1, 0.15) is 6.33 Å². The van der Waals surface area contributed by atoms with E-state index in [1.165, 1.54) is 12.4 Å². The number of nitro benzene ring substituents is 1. The van der Waals surface area contributed by atoms with Crippen LogP contribution in [0.1, 0.15) is 0 Å². The molecule has 0 radical (unpaired) electrons. The summed E-state index contributed by atoms with van der Waals surface area (Å²) in [6, 6.07) is 24.2. The van der Waals surface area contributed by atoms with Crippen molar-refractivity contribution < 1.29 is 4.92 Å². The summed E-state index contributed by atoms with van der Waals surface area (Å²) in [6.07, 6.45) is 1.53. The normalized spacial score (nSPS) is 10.6. The molecule has 0 amide bonds. The topological polar surface area (TPSA) is 99.6 Å². The lowest BCUT2D eigenvalue weighted by Crippen LogP contribution is -1.96.